The Labute approximate surface area is 142 Å². The number of anilines is 1. The normalized spacial score (nSPS) is 14.8. The van der Waals surface area contributed by atoms with Gasteiger partial charge in [-0.05, 0) is 35.7 Å². The van der Waals surface area contributed by atoms with Crippen LogP contribution in [0.4, 0.5) is 5.69 Å². The zero-order valence-electron chi connectivity index (χ0n) is 14.4. The third-order valence-corrected chi connectivity index (χ3v) is 4.39. The van der Waals surface area contributed by atoms with Gasteiger partial charge in [-0.2, -0.15) is 0 Å². The quantitative estimate of drug-likeness (QED) is 0.854. The molecule has 0 radical (unpaired) electrons. The van der Waals surface area contributed by atoms with E-state index in [0.717, 1.165) is 17.2 Å². The van der Waals surface area contributed by atoms with Crippen LogP contribution in [0.1, 0.15) is 27.2 Å². The van der Waals surface area contributed by atoms with Gasteiger partial charge in [0.15, 0.2) is 0 Å². The molecule has 0 aliphatic heterocycles. The Morgan fingerprint density at radius 2 is 1.71 bits per heavy atom. The first-order chi connectivity index (χ1) is 11.4. The highest BCUT2D eigenvalue weighted by Gasteiger charge is 2.34. The Morgan fingerprint density at radius 1 is 1.08 bits per heavy atom. The van der Waals surface area contributed by atoms with E-state index >= 15 is 0 Å². The van der Waals surface area contributed by atoms with Crippen molar-refractivity contribution in [1.29, 1.82) is 0 Å². The molecule has 0 heterocycles. The molecule has 0 aliphatic carbocycles. The number of rotatable bonds is 6. The van der Waals surface area contributed by atoms with E-state index in [-0.39, 0.29) is 11.8 Å². The molecule has 4 N–H and O–H groups in total. The van der Waals surface area contributed by atoms with Crippen molar-refractivity contribution < 1.29 is 9.59 Å². The van der Waals surface area contributed by atoms with Crippen molar-refractivity contribution in [2.75, 3.05) is 4.90 Å². The van der Waals surface area contributed by atoms with E-state index in [2.05, 4.69) is 0 Å². The number of amides is 2. The van der Waals surface area contributed by atoms with Gasteiger partial charge in [-0.3, -0.25) is 14.5 Å². The Bertz CT molecular complexity index is 742. The summed E-state index contributed by atoms with van der Waals surface area (Å²) in [5, 5.41) is 2.05. The number of fused-ring (bicyclic) bond motifs is 1. The fraction of sp³-hybridized carbons (Fsp3) is 0.368. The standard InChI is InChI=1S/C19H25N3O2/c1-4-12(2)17(18(21)23)22(19(24)13(3)20)16-10-9-14-7-5-6-8-15(14)11-16/h5-13,17H,4,20H2,1-3H3,(H2,21,23)/t12?,13-,17-/m0/s1. The first-order valence-corrected chi connectivity index (χ1v) is 8.23. The van der Waals surface area contributed by atoms with Gasteiger partial charge in [0.1, 0.15) is 6.04 Å². The van der Waals surface area contributed by atoms with E-state index in [1.54, 1.807) is 6.92 Å². The lowest BCUT2D eigenvalue weighted by Gasteiger charge is -2.34. The van der Waals surface area contributed by atoms with Crippen LogP contribution in [0.2, 0.25) is 0 Å². The summed E-state index contributed by atoms with van der Waals surface area (Å²) in [6, 6.07) is 12.1. The minimum Gasteiger partial charge on any atom is -0.368 e. The highest BCUT2D eigenvalue weighted by molar-refractivity contribution is 6.04. The van der Waals surface area contributed by atoms with E-state index < -0.39 is 18.0 Å². The summed E-state index contributed by atoms with van der Waals surface area (Å²) >= 11 is 0. The van der Waals surface area contributed by atoms with Crippen LogP contribution in [0.5, 0.6) is 0 Å². The number of carbonyl (C=O) groups excluding carboxylic acids is 2. The predicted octanol–water partition coefficient (Wildman–Crippen LogP) is 2.42. The summed E-state index contributed by atoms with van der Waals surface area (Å²) < 4.78 is 0. The highest BCUT2D eigenvalue weighted by Crippen LogP contribution is 2.27. The van der Waals surface area contributed by atoms with Gasteiger partial charge in [-0.25, -0.2) is 0 Å². The zero-order chi connectivity index (χ0) is 17.9. The summed E-state index contributed by atoms with van der Waals surface area (Å²) in [6.45, 7) is 5.50. The van der Waals surface area contributed by atoms with Gasteiger partial charge < -0.3 is 11.5 Å². The maximum atomic E-state index is 12.7. The molecule has 0 aliphatic rings. The van der Waals surface area contributed by atoms with Crippen molar-refractivity contribution in [2.45, 2.75) is 39.3 Å². The SMILES string of the molecule is CCC(C)[C@@H](C(N)=O)N(C(=O)[C@H](C)N)c1ccc2ccccc2c1. The van der Waals surface area contributed by atoms with Crippen molar-refractivity contribution in [1.82, 2.24) is 0 Å². The number of nitrogens with two attached hydrogens (primary N) is 2. The summed E-state index contributed by atoms with van der Waals surface area (Å²) in [5.41, 5.74) is 12.1. The van der Waals surface area contributed by atoms with E-state index in [9.17, 15) is 9.59 Å². The van der Waals surface area contributed by atoms with Gasteiger partial charge in [0, 0.05) is 5.69 Å². The molecular weight excluding hydrogens is 302 g/mol. The molecule has 3 atom stereocenters. The molecule has 0 saturated carbocycles. The van der Waals surface area contributed by atoms with Crippen molar-refractivity contribution in [3.63, 3.8) is 0 Å². The molecule has 0 saturated heterocycles. The molecule has 2 aromatic rings. The first kappa shape index (κ1) is 17.9. The van der Waals surface area contributed by atoms with Crippen LogP contribution in [0, 0.1) is 5.92 Å². The van der Waals surface area contributed by atoms with Gasteiger partial charge in [-0.15, -0.1) is 0 Å². The van der Waals surface area contributed by atoms with Crippen LogP contribution in [0.3, 0.4) is 0 Å². The second-order valence-electron chi connectivity index (χ2n) is 6.26. The Balaban J connectivity index is 2.59. The summed E-state index contributed by atoms with van der Waals surface area (Å²) in [6.07, 6.45) is 0.726. The Kier molecular flexibility index (Phi) is 5.57. The molecule has 2 amide bonds. The minimum atomic E-state index is -0.727. The van der Waals surface area contributed by atoms with Crippen LogP contribution in [-0.2, 0) is 9.59 Å². The molecule has 0 aromatic heterocycles. The molecule has 2 rings (SSSR count). The van der Waals surface area contributed by atoms with Gasteiger partial charge in [0.05, 0.1) is 6.04 Å². The van der Waals surface area contributed by atoms with Crippen molar-refractivity contribution in [2.24, 2.45) is 17.4 Å². The average molecular weight is 327 g/mol. The van der Waals surface area contributed by atoms with Crippen LogP contribution < -0.4 is 16.4 Å². The lowest BCUT2D eigenvalue weighted by Crippen LogP contribution is -2.55. The molecule has 5 heteroatoms. The fourth-order valence-corrected chi connectivity index (χ4v) is 2.86. The maximum Gasteiger partial charge on any atom is 0.244 e. The number of benzene rings is 2. The monoisotopic (exact) mass is 327 g/mol. The van der Waals surface area contributed by atoms with Crippen LogP contribution in [0.15, 0.2) is 42.5 Å². The first-order valence-electron chi connectivity index (χ1n) is 8.23. The summed E-state index contributed by atoms with van der Waals surface area (Å²) in [7, 11) is 0. The lowest BCUT2D eigenvalue weighted by molar-refractivity contribution is -0.126. The second kappa shape index (κ2) is 7.45. The number of hydrogen-bond donors (Lipinski definition) is 2. The molecule has 0 bridgehead atoms. The molecule has 24 heavy (non-hydrogen) atoms. The van der Waals surface area contributed by atoms with Gasteiger partial charge >= 0.3 is 0 Å². The van der Waals surface area contributed by atoms with Gasteiger partial charge in [0.25, 0.3) is 0 Å². The largest absolute Gasteiger partial charge is 0.368 e. The Morgan fingerprint density at radius 3 is 2.25 bits per heavy atom. The lowest BCUT2D eigenvalue weighted by atomic mass is 9.95. The predicted molar refractivity (Wildman–Crippen MR) is 97.5 cm³/mol. The Hall–Kier alpha value is -2.40. The number of nitrogens with zero attached hydrogens (tertiary/aromatic N) is 1. The minimum absolute atomic E-state index is 0.0725. The fourth-order valence-electron chi connectivity index (χ4n) is 2.86. The number of hydrogen-bond acceptors (Lipinski definition) is 3. The zero-order valence-corrected chi connectivity index (χ0v) is 14.4. The van der Waals surface area contributed by atoms with E-state index in [4.69, 9.17) is 11.5 Å². The van der Waals surface area contributed by atoms with Crippen molar-refractivity contribution in [3.05, 3.63) is 42.5 Å². The third kappa shape index (κ3) is 3.57. The van der Waals surface area contributed by atoms with Gasteiger partial charge in [-0.1, -0.05) is 50.6 Å². The van der Waals surface area contributed by atoms with Gasteiger partial charge in [0.2, 0.25) is 11.8 Å². The topological polar surface area (TPSA) is 89.4 Å². The van der Waals surface area contributed by atoms with Crippen molar-refractivity contribution >= 4 is 28.3 Å². The smallest absolute Gasteiger partial charge is 0.244 e. The highest BCUT2D eigenvalue weighted by atomic mass is 16.2. The average Bonchev–Trinajstić information content (AvgIpc) is 2.57. The second-order valence-corrected chi connectivity index (χ2v) is 6.26. The van der Waals surface area contributed by atoms with Crippen molar-refractivity contribution in [3.8, 4) is 0 Å². The summed E-state index contributed by atoms with van der Waals surface area (Å²) in [4.78, 5) is 26.3. The summed E-state index contributed by atoms with van der Waals surface area (Å²) in [5.74, 6) is -0.905. The van der Waals surface area contributed by atoms with Crippen LogP contribution in [-0.4, -0.2) is 23.9 Å². The number of carbonyl (C=O) groups is 2. The van der Waals surface area contributed by atoms with E-state index in [1.807, 2.05) is 56.3 Å². The van der Waals surface area contributed by atoms with E-state index in [1.165, 1.54) is 4.90 Å². The van der Waals surface area contributed by atoms with E-state index in [0.29, 0.717) is 5.69 Å². The molecule has 5 nitrogen and oxygen atoms in total. The molecule has 1 unspecified atom stereocenters. The number of primary amides is 1. The molecule has 128 valence electrons. The van der Waals surface area contributed by atoms with Crippen LogP contribution >= 0.6 is 0 Å². The molecule has 0 spiro atoms. The maximum absolute atomic E-state index is 12.7. The molecule has 0 fully saturated rings. The van der Waals surface area contributed by atoms with Crippen LogP contribution in [0.25, 0.3) is 10.8 Å². The third-order valence-electron chi connectivity index (χ3n) is 4.39. The molecule has 2 aromatic carbocycles. The molecular formula is C19H25N3O2.